The van der Waals surface area contributed by atoms with Gasteiger partial charge in [-0.2, -0.15) is 0 Å². The molecule has 94 valence electrons. The Hall–Kier alpha value is -0.610. The number of carboxylic acids is 1. The molecule has 0 saturated carbocycles. The zero-order valence-electron chi connectivity index (χ0n) is 10.5. The molecule has 0 spiro atoms. The number of ether oxygens (including phenoxy) is 1. The molecule has 0 aromatic rings. The summed E-state index contributed by atoms with van der Waals surface area (Å²) in [6, 6.07) is 0.131. The topological polar surface area (TPSA) is 49.8 Å². The van der Waals surface area contributed by atoms with Gasteiger partial charge in [0.2, 0.25) is 0 Å². The second-order valence-corrected chi connectivity index (χ2v) is 4.76. The Morgan fingerprint density at radius 1 is 1.44 bits per heavy atom. The summed E-state index contributed by atoms with van der Waals surface area (Å²) in [7, 11) is 3.96. The average molecular weight is 229 g/mol. The van der Waals surface area contributed by atoms with Crippen LogP contribution in [0.3, 0.4) is 0 Å². The van der Waals surface area contributed by atoms with Gasteiger partial charge in [-0.1, -0.05) is 6.92 Å². The zero-order chi connectivity index (χ0) is 12.1. The van der Waals surface area contributed by atoms with Gasteiger partial charge < -0.3 is 14.7 Å². The van der Waals surface area contributed by atoms with Crippen LogP contribution in [0.1, 0.15) is 26.2 Å². The van der Waals surface area contributed by atoms with Crippen molar-refractivity contribution >= 4 is 5.97 Å². The Bertz CT molecular complexity index is 224. The molecule has 16 heavy (non-hydrogen) atoms. The van der Waals surface area contributed by atoms with Crippen LogP contribution in [0.25, 0.3) is 0 Å². The van der Waals surface area contributed by atoms with Crippen LogP contribution < -0.4 is 0 Å². The van der Waals surface area contributed by atoms with Gasteiger partial charge in [-0.05, 0) is 39.3 Å². The van der Waals surface area contributed by atoms with Crippen molar-refractivity contribution in [2.75, 3.05) is 27.3 Å². The van der Waals surface area contributed by atoms with Crippen LogP contribution in [0.2, 0.25) is 0 Å². The summed E-state index contributed by atoms with van der Waals surface area (Å²) in [5.41, 5.74) is 0. The lowest BCUT2D eigenvalue weighted by atomic mass is 9.81. The first-order valence-corrected chi connectivity index (χ1v) is 6.04. The molecular weight excluding hydrogens is 206 g/mol. The van der Waals surface area contributed by atoms with Crippen LogP contribution in [0.4, 0.5) is 0 Å². The SMILES string of the molecule is CCC(C(=O)O)C(C1CCOCC1)N(C)C. The highest BCUT2D eigenvalue weighted by atomic mass is 16.5. The summed E-state index contributed by atoms with van der Waals surface area (Å²) in [6.07, 6.45) is 2.65. The van der Waals surface area contributed by atoms with E-state index in [4.69, 9.17) is 4.74 Å². The molecule has 2 atom stereocenters. The fraction of sp³-hybridized carbons (Fsp3) is 0.917. The maximum absolute atomic E-state index is 11.3. The van der Waals surface area contributed by atoms with Crippen molar-refractivity contribution in [1.82, 2.24) is 4.90 Å². The van der Waals surface area contributed by atoms with E-state index in [0.29, 0.717) is 12.3 Å². The van der Waals surface area contributed by atoms with Gasteiger partial charge in [0.1, 0.15) is 0 Å². The summed E-state index contributed by atoms with van der Waals surface area (Å²) in [5, 5.41) is 9.27. The fourth-order valence-corrected chi connectivity index (χ4v) is 2.73. The minimum absolute atomic E-state index is 0.131. The monoisotopic (exact) mass is 229 g/mol. The number of carbonyl (C=O) groups is 1. The molecule has 0 aromatic heterocycles. The highest BCUT2D eigenvalue weighted by molar-refractivity contribution is 5.70. The van der Waals surface area contributed by atoms with Gasteiger partial charge in [0.05, 0.1) is 5.92 Å². The van der Waals surface area contributed by atoms with Gasteiger partial charge in [0, 0.05) is 19.3 Å². The Labute approximate surface area is 97.6 Å². The van der Waals surface area contributed by atoms with E-state index >= 15 is 0 Å². The number of aliphatic carboxylic acids is 1. The van der Waals surface area contributed by atoms with E-state index < -0.39 is 5.97 Å². The normalized spacial score (nSPS) is 22.0. The smallest absolute Gasteiger partial charge is 0.308 e. The summed E-state index contributed by atoms with van der Waals surface area (Å²) in [4.78, 5) is 13.3. The van der Waals surface area contributed by atoms with E-state index in [2.05, 4.69) is 4.90 Å². The molecule has 0 aromatic carbocycles. The standard InChI is InChI=1S/C12H23NO3/c1-4-10(12(14)15)11(13(2)3)9-5-7-16-8-6-9/h9-11H,4-8H2,1-3H3,(H,14,15). The van der Waals surface area contributed by atoms with Crippen LogP contribution in [-0.2, 0) is 9.53 Å². The van der Waals surface area contributed by atoms with Crippen LogP contribution in [0.15, 0.2) is 0 Å². The number of rotatable bonds is 5. The summed E-state index contributed by atoms with van der Waals surface area (Å²) < 4.78 is 5.34. The molecule has 1 N–H and O–H groups in total. The molecule has 4 nitrogen and oxygen atoms in total. The highest BCUT2D eigenvalue weighted by Crippen LogP contribution is 2.28. The number of nitrogens with zero attached hydrogens (tertiary/aromatic N) is 1. The first-order chi connectivity index (χ1) is 7.57. The van der Waals surface area contributed by atoms with Crippen LogP contribution >= 0.6 is 0 Å². The first kappa shape index (κ1) is 13.5. The van der Waals surface area contributed by atoms with Crippen molar-refractivity contribution in [3.63, 3.8) is 0 Å². The molecule has 4 heteroatoms. The van der Waals surface area contributed by atoms with E-state index in [1.165, 1.54) is 0 Å². The van der Waals surface area contributed by atoms with Crippen molar-refractivity contribution in [3.05, 3.63) is 0 Å². The Kier molecular flexibility index (Phi) is 5.22. The van der Waals surface area contributed by atoms with Crippen LogP contribution in [0.5, 0.6) is 0 Å². The molecule has 1 heterocycles. The van der Waals surface area contributed by atoms with Gasteiger partial charge >= 0.3 is 5.97 Å². The maximum atomic E-state index is 11.3. The predicted molar refractivity (Wildman–Crippen MR) is 62.4 cm³/mol. The lowest BCUT2D eigenvalue weighted by Crippen LogP contribution is -2.46. The van der Waals surface area contributed by atoms with Crippen molar-refractivity contribution < 1.29 is 14.6 Å². The van der Waals surface area contributed by atoms with Crippen molar-refractivity contribution in [3.8, 4) is 0 Å². The quantitative estimate of drug-likeness (QED) is 0.775. The van der Waals surface area contributed by atoms with Gasteiger partial charge in [0.25, 0.3) is 0 Å². The molecule has 1 fully saturated rings. The van der Waals surface area contributed by atoms with Crippen molar-refractivity contribution in [2.45, 2.75) is 32.2 Å². The summed E-state index contributed by atoms with van der Waals surface area (Å²) in [6.45, 7) is 3.49. The van der Waals surface area contributed by atoms with Crippen LogP contribution in [-0.4, -0.2) is 49.3 Å². The molecule has 1 rings (SSSR count). The van der Waals surface area contributed by atoms with Gasteiger partial charge in [-0.3, -0.25) is 4.79 Å². The molecule has 0 amide bonds. The fourth-order valence-electron chi connectivity index (χ4n) is 2.73. The van der Waals surface area contributed by atoms with E-state index in [-0.39, 0.29) is 12.0 Å². The molecular formula is C12H23NO3. The van der Waals surface area contributed by atoms with E-state index in [1.807, 2.05) is 21.0 Å². The summed E-state index contributed by atoms with van der Waals surface area (Å²) >= 11 is 0. The number of carboxylic acid groups (broad SMARTS) is 1. The summed E-state index contributed by atoms with van der Waals surface area (Å²) in [5.74, 6) is -0.490. The van der Waals surface area contributed by atoms with E-state index in [0.717, 1.165) is 26.1 Å². The maximum Gasteiger partial charge on any atom is 0.308 e. The minimum Gasteiger partial charge on any atom is -0.481 e. The second-order valence-electron chi connectivity index (χ2n) is 4.76. The average Bonchev–Trinajstić information content (AvgIpc) is 2.25. The predicted octanol–water partition coefficient (Wildman–Crippen LogP) is 1.45. The first-order valence-electron chi connectivity index (χ1n) is 6.04. The molecule has 0 aliphatic carbocycles. The lowest BCUT2D eigenvalue weighted by molar-refractivity contribution is -0.145. The van der Waals surface area contributed by atoms with Gasteiger partial charge in [-0.25, -0.2) is 0 Å². The second kappa shape index (κ2) is 6.21. The third kappa shape index (κ3) is 3.19. The third-order valence-corrected chi connectivity index (χ3v) is 3.51. The minimum atomic E-state index is -0.673. The van der Waals surface area contributed by atoms with Crippen molar-refractivity contribution in [2.24, 2.45) is 11.8 Å². The largest absolute Gasteiger partial charge is 0.481 e. The van der Waals surface area contributed by atoms with Gasteiger partial charge in [0.15, 0.2) is 0 Å². The third-order valence-electron chi connectivity index (χ3n) is 3.51. The van der Waals surface area contributed by atoms with Crippen molar-refractivity contribution in [1.29, 1.82) is 0 Å². The van der Waals surface area contributed by atoms with E-state index in [1.54, 1.807) is 0 Å². The Morgan fingerprint density at radius 3 is 2.38 bits per heavy atom. The highest BCUT2D eigenvalue weighted by Gasteiger charge is 2.35. The molecule has 1 saturated heterocycles. The molecule has 1 aliphatic heterocycles. The molecule has 0 bridgehead atoms. The Morgan fingerprint density at radius 2 is 2.00 bits per heavy atom. The number of hydrogen-bond acceptors (Lipinski definition) is 3. The van der Waals surface area contributed by atoms with Crippen LogP contribution in [0, 0.1) is 11.8 Å². The zero-order valence-corrected chi connectivity index (χ0v) is 10.5. The molecule has 1 aliphatic rings. The number of hydrogen-bond donors (Lipinski definition) is 1. The molecule has 2 unspecified atom stereocenters. The van der Waals surface area contributed by atoms with Gasteiger partial charge in [-0.15, -0.1) is 0 Å². The van der Waals surface area contributed by atoms with E-state index in [9.17, 15) is 9.90 Å². The molecule has 0 radical (unpaired) electrons. The Balaban J connectivity index is 2.75. The lowest BCUT2D eigenvalue weighted by Gasteiger charge is -2.38.